The van der Waals surface area contributed by atoms with Gasteiger partial charge in [0.25, 0.3) is 0 Å². The fourth-order valence-corrected chi connectivity index (χ4v) is 2.92. The van der Waals surface area contributed by atoms with Crippen molar-refractivity contribution in [2.45, 2.75) is 12.7 Å². The van der Waals surface area contributed by atoms with E-state index in [2.05, 4.69) is 4.37 Å². The van der Waals surface area contributed by atoms with Crippen LogP contribution in [0.25, 0.3) is 0 Å². The lowest BCUT2D eigenvalue weighted by Crippen LogP contribution is -1.94. The van der Waals surface area contributed by atoms with Gasteiger partial charge in [-0.3, -0.25) is 0 Å². The van der Waals surface area contributed by atoms with E-state index < -0.39 is 16.6 Å². The van der Waals surface area contributed by atoms with Crippen molar-refractivity contribution in [1.29, 1.82) is 0 Å². The smallest absolute Gasteiger partial charge is 0.393 e. The Morgan fingerprint density at radius 3 is 2.58 bits per heavy atom. The van der Waals surface area contributed by atoms with E-state index in [-0.39, 0.29) is 15.1 Å². The van der Waals surface area contributed by atoms with Crippen molar-refractivity contribution in [2.75, 3.05) is 0 Å². The van der Waals surface area contributed by atoms with E-state index in [1.807, 2.05) is 6.92 Å². The Morgan fingerprint density at radius 1 is 1.67 bits per heavy atom. The van der Waals surface area contributed by atoms with Crippen LogP contribution in [-0.4, -0.2) is 15.4 Å². The number of rotatable bonds is 2. The second-order valence-corrected chi connectivity index (χ2v) is 4.62. The van der Waals surface area contributed by atoms with Crippen molar-refractivity contribution in [3.8, 4) is 0 Å². The van der Waals surface area contributed by atoms with Crippen LogP contribution in [0, 0.1) is 0 Å². The topological polar surface area (TPSA) is 50.2 Å². The highest BCUT2D eigenvalue weighted by atomic mass is 35.5. The molecule has 0 aliphatic carbocycles. The van der Waals surface area contributed by atoms with Crippen LogP contribution in [0.4, 0.5) is 0 Å². The summed E-state index contributed by atoms with van der Waals surface area (Å²) in [4.78, 5) is 10.8. The summed E-state index contributed by atoms with van der Waals surface area (Å²) in [6.07, 6.45) is 0. The molecular weight excluding hydrogens is 221 g/mol. The molecule has 1 aromatic heterocycles. The zero-order valence-corrected chi connectivity index (χ0v) is 8.50. The molecule has 0 radical (unpaired) electrons. The van der Waals surface area contributed by atoms with Gasteiger partial charge in [0.2, 0.25) is 5.15 Å². The molecule has 0 amide bonds. The van der Waals surface area contributed by atoms with Gasteiger partial charge in [0.05, 0.1) is 0 Å². The first-order valence-electron chi connectivity index (χ1n) is 3.16. The number of hydrogen-bond donors (Lipinski definition) is 1. The lowest BCUT2D eigenvalue weighted by Gasteiger charge is -1.83. The molecule has 0 saturated carbocycles. The summed E-state index contributed by atoms with van der Waals surface area (Å²) in [6.45, 7) is 1.84. The van der Waals surface area contributed by atoms with Crippen molar-refractivity contribution in [2.24, 2.45) is 0 Å². The van der Waals surface area contributed by atoms with Crippen LogP contribution in [0.3, 0.4) is 0 Å². The fraction of sp³-hybridized carbons (Fsp3) is 0.333. The number of carboxylic acid groups (broad SMARTS) is 1. The molecule has 12 heavy (non-hydrogen) atoms. The van der Waals surface area contributed by atoms with Crippen LogP contribution < -0.4 is 0 Å². The Bertz CT molecular complexity index is 324. The van der Waals surface area contributed by atoms with Gasteiger partial charge in [-0.05, 0) is 11.3 Å². The quantitative estimate of drug-likeness (QED) is 0.790. The van der Waals surface area contributed by atoms with Crippen LogP contribution in [0.1, 0.15) is 16.6 Å². The molecule has 66 valence electrons. The van der Waals surface area contributed by atoms with Gasteiger partial charge in [0.15, 0.2) is 5.02 Å². The molecule has 0 spiro atoms. The maximum atomic E-state index is 10.7. The van der Waals surface area contributed by atoms with E-state index in [9.17, 15) is 4.79 Å². The summed E-state index contributed by atoms with van der Waals surface area (Å²) in [6, 6.07) is 0. The number of carbonyl (C=O) groups is 1. The van der Waals surface area contributed by atoms with E-state index >= 15 is 0 Å². The summed E-state index contributed by atoms with van der Waals surface area (Å²) >= 11 is 11.2. The van der Waals surface area contributed by atoms with E-state index in [0.29, 0.717) is 5.75 Å². The summed E-state index contributed by atoms with van der Waals surface area (Å²) < 4.78 is 3.91. The second-order valence-electron chi connectivity index (χ2n) is 1.98. The average Bonchev–Trinajstić information content (AvgIpc) is 2.28. The first-order valence-corrected chi connectivity index (χ1v) is 5.27. The number of hydrogen-bond acceptors (Lipinski definition) is 2. The van der Waals surface area contributed by atoms with Gasteiger partial charge in [-0.2, -0.15) is 0 Å². The number of aromatic nitrogens is 1. The van der Waals surface area contributed by atoms with Gasteiger partial charge in [-0.25, -0.2) is 4.79 Å². The zero-order chi connectivity index (χ0) is 9.30. The molecule has 6 heteroatoms. The molecule has 0 aliphatic rings. The van der Waals surface area contributed by atoms with Gasteiger partial charge in [0, 0.05) is 0 Å². The first kappa shape index (κ1) is 9.77. The highest BCUT2D eigenvalue weighted by Crippen LogP contribution is 2.35. The third-order valence-corrected chi connectivity index (χ3v) is 4.02. The summed E-state index contributed by atoms with van der Waals surface area (Å²) in [7, 11) is -0.658. The molecule has 0 aliphatic heterocycles. The molecule has 0 bridgehead atoms. The average molecular weight is 227 g/mol. The van der Waals surface area contributed by atoms with Crippen molar-refractivity contribution in [3.63, 3.8) is 0 Å². The van der Waals surface area contributed by atoms with Crippen molar-refractivity contribution in [1.82, 2.24) is 4.37 Å². The lowest BCUT2D eigenvalue weighted by molar-refractivity contribution is 0.0702. The van der Waals surface area contributed by atoms with Gasteiger partial charge in [-0.1, -0.05) is 23.2 Å². The first-order chi connectivity index (χ1) is 5.57. The monoisotopic (exact) mass is 226 g/mol. The SMILES string of the molecule is CC[s+]1nc(Cl)c(Cl)c1C(=O)O. The van der Waals surface area contributed by atoms with E-state index in [0.717, 1.165) is 0 Å². The molecule has 1 rings (SSSR count). The van der Waals surface area contributed by atoms with Crippen LogP contribution >= 0.6 is 33.9 Å². The standard InChI is InChI=1S/C6H5Cl2NO2S/c1-2-12-4(6(10)11)3(7)5(8)9-12/h2H2,1H3/p+1. The third-order valence-electron chi connectivity index (χ3n) is 1.27. The van der Waals surface area contributed by atoms with Crippen LogP contribution in [-0.2, 0) is 5.75 Å². The van der Waals surface area contributed by atoms with E-state index in [1.54, 1.807) is 0 Å². The second kappa shape index (κ2) is 3.60. The summed E-state index contributed by atoms with van der Waals surface area (Å²) in [5.74, 6) is -0.418. The zero-order valence-electron chi connectivity index (χ0n) is 6.17. The van der Waals surface area contributed by atoms with Gasteiger partial charge in [-0.15, -0.1) is 0 Å². The molecule has 3 nitrogen and oxygen atoms in total. The van der Waals surface area contributed by atoms with Crippen LogP contribution in [0.15, 0.2) is 0 Å². The molecule has 1 N–H and O–H groups in total. The highest BCUT2D eigenvalue weighted by Gasteiger charge is 2.30. The molecule has 1 atom stereocenters. The number of carboxylic acids is 1. The molecule has 0 saturated heterocycles. The number of aromatic carboxylic acids is 1. The molecule has 0 aromatic carbocycles. The van der Waals surface area contributed by atoms with Gasteiger partial charge < -0.3 is 5.11 Å². The predicted molar refractivity (Wildman–Crippen MR) is 49.4 cm³/mol. The minimum atomic E-state index is -1.04. The molecule has 1 aromatic rings. The Kier molecular flexibility index (Phi) is 2.93. The highest BCUT2D eigenvalue weighted by molar-refractivity contribution is 7.27. The Balaban J connectivity index is 3.31. The Hall–Kier alpha value is -0.320. The van der Waals surface area contributed by atoms with Gasteiger partial charge >= 0.3 is 10.8 Å². The largest absolute Gasteiger partial charge is 0.474 e. The summed E-state index contributed by atoms with van der Waals surface area (Å²) in [5.41, 5.74) is 0. The summed E-state index contributed by atoms with van der Waals surface area (Å²) in [5, 5.41) is 8.92. The minimum absolute atomic E-state index is 0.0781. The Labute approximate surface area is 82.1 Å². The van der Waals surface area contributed by atoms with E-state index in [1.165, 1.54) is 0 Å². The van der Waals surface area contributed by atoms with Crippen molar-refractivity contribution < 1.29 is 9.90 Å². The maximum Gasteiger partial charge on any atom is 0.393 e. The molecule has 1 unspecified atom stereocenters. The number of nitrogens with zero attached hydrogens (tertiary/aromatic N) is 1. The van der Waals surface area contributed by atoms with Crippen molar-refractivity contribution >= 4 is 39.8 Å². The third kappa shape index (κ3) is 1.55. The van der Waals surface area contributed by atoms with Crippen molar-refractivity contribution in [3.05, 3.63) is 15.1 Å². The fourth-order valence-electron chi connectivity index (χ4n) is 0.783. The Morgan fingerprint density at radius 2 is 2.25 bits per heavy atom. The molecular formula is C6H6Cl2NO2S+. The van der Waals surface area contributed by atoms with E-state index in [4.69, 9.17) is 28.3 Å². The minimum Gasteiger partial charge on any atom is -0.474 e. The lowest BCUT2D eigenvalue weighted by atomic mass is 10.5. The van der Waals surface area contributed by atoms with Crippen LogP contribution in [0.2, 0.25) is 10.2 Å². The number of aryl methyl sites for hydroxylation is 1. The number of halogens is 2. The normalized spacial score (nSPS) is 11.8. The molecule has 1 heterocycles. The predicted octanol–water partition coefficient (Wildman–Crippen LogP) is 2.86. The molecule has 0 fully saturated rings. The van der Waals surface area contributed by atoms with Gasteiger partial charge in [0.1, 0.15) is 16.4 Å². The maximum absolute atomic E-state index is 10.7. The van der Waals surface area contributed by atoms with Crippen LogP contribution in [0.5, 0.6) is 0 Å².